The van der Waals surface area contributed by atoms with Gasteiger partial charge in [-0.1, -0.05) is 42.5 Å². The predicted molar refractivity (Wildman–Crippen MR) is 149 cm³/mol. The number of carbonyl (C=O) groups is 1. The van der Waals surface area contributed by atoms with Gasteiger partial charge in [0.1, 0.15) is 30.2 Å². The minimum absolute atomic E-state index is 0.255. The lowest BCUT2D eigenvalue weighted by Crippen LogP contribution is -2.03. The zero-order valence-electron chi connectivity index (χ0n) is 21.4. The van der Waals surface area contributed by atoms with E-state index in [-0.39, 0.29) is 5.82 Å². The summed E-state index contributed by atoms with van der Waals surface area (Å²) in [5, 5.41) is 1.10. The maximum Gasteiger partial charge on any atom is 0.123 e. The van der Waals surface area contributed by atoms with E-state index < -0.39 is 0 Å². The van der Waals surface area contributed by atoms with Gasteiger partial charge in [0.25, 0.3) is 0 Å². The number of ether oxygens (including phenoxy) is 2. The van der Waals surface area contributed by atoms with Crippen LogP contribution in [0, 0.1) is 12.7 Å². The maximum absolute atomic E-state index is 13.7. The maximum atomic E-state index is 13.7. The summed E-state index contributed by atoms with van der Waals surface area (Å²) in [6.07, 6.45) is 2.12. The predicted octanol–water partition coefficient (Wildman–Crippen LogP) is 7.74. The first kappa shape index (κ1) is 25.3. The number of rotatable bonds is 11. The highest BCUT2D eigenvalue weighted by atomic mass is 19.1. The molecule has 4 nitrogen and oxygen atoms in total. The molecule has 0 bridgehead atoms. The van der Waals surface area contributed by atoms with Gasteiger partial charge in [0.05, 0.1) is 12.3 Å². The zero-order chi connectivity index (χ0) is 26.3. The van der Waals surface area contributed by atoms with E-state index in [4.69, 9.17) is 9.47 Å². The molecule has 0 N–H and O–H groups in total. The van der Waals surface area contributed by atoms with Gasteiger partial charge >= 0.3 is 0 Å². The standard InChI is InChI=1S/C33H30FNO3/c1-24-31-21-30(38-23-26-7-3-2-4-8-26)17-18-32(31)35(33(24)27-11-13-28(34)14-12-27)22-25-9-15-29(16-10-25)37-20-6-5-19-36/h2-4,7-19,21H,5-6,20,22-23H2,1H3. The van der Waals surface area contributed by atoms with Crippen molar-refractivity contribution in [2.45, 2.75) is 32.9 Å². The first-order valence-corrected chi connectivity index (χ1v) is 12.8. The fraction of sp³-hybridized carbons (Fsp3) is 0.182. The average Bonchev–Trinajstić information content (AvgIpc) is 3.22. The Morgan fingerprint density at radius 3 is 2.29 bits per heavy atom. The zero-order valence-corrected chi connectivity index (χ0v) is 21.4. The van der Waals surface area contributed by atoms with E-state index in [2.05, 4.69) is 47.9 Å². The van der Waals surface area contributed by atoms with Crippen LogP contribution in [0.4, 0.5) is 4.39 Å². The molecule has 0 aliphatic rings. The number of halogens is 1. The Labute approximate surface area is 222 Å². The van der Waals surface area contributed by atoms with Gasteiger partial charge in [-0.2, -0.15) is 0 Å². The van der Waals surface area contributed by atoms with Crippen LogP contribution in [0.1, 0.15) is 29.5 Å². The lowest BCUT2D eigenvalue weighted by Gasteiger charge is -2.13. The largest absolute Gasteiger partial charge is 0.494 e. The number of fused-ring (bicyclic) bond motifs is 1. The van der Waals surface area contributed by atoms with Crippen molar-refractivity contribution in [3.63, 3.8) is 0 Å². The average molecular weight is 508 g/mol. The molecule has 0 amide bonds. The molecule has 5 heteroatoms. The van der Waals surface area contributed by atoms with Crippen molar-refractivity contribution in [3.8, 4) is 22.8 Å². The Balaban J connectivity index is 1.46. The molecule has 0 aliphatic heterocycles. The van der Waals surface area contributed by atoms with E-state index in [9.17, 15) is 9.18 Å². The number of unbranched alkanes of at least 4 members (excludes halogenated alkanes) is 1. The third kappa shape index (κ3) is 5.78. The van der Waals surface area contributed by atoms with Crippen molar-refractivity contribution in [2.24, 2.45) is 0 Å². The van der Waals surface area contributed by atoms with E-state index in [1.54, 1.807) is 0 Å². The van der Waals surface area contributed by atoms with Crippen molar-refractivity contribution in [3.05, 3.63) is 120 Å². The minimum atomic E-state index is -0.255. The molecule has 0 radical (unpaired) electrons. The number of carbonyl (C=O) groups excluding carboxylic acids is 1. The molecule has 0 aliphatic carbocycles. The Morgan fingerprint density at radius 2 is 1.55 bits per heavy atom. The summed E-state index contributed by atoms with van der Waals surface area (Å²) in [6, 6.07) is 31.0. The van der Waals surface area contributed by atoms with Crippen LogP contribution in [0.3, 0.4) is 0 Å². The third-order valence-corrected chi connectivity index (χ3v) is 6.65. The number of hydrogen-bond acceptors (Lipinski definition) is 3. The molecule has 5 rings (SSSR count). The van der Waals surface area contributed by atoms with Crippen LogP contribution in [0.5, 0.6) is 11.5 Å². The lowest BCUT2D eigenvalue weighted by molar-refractivity contribution is -0.108. The molecule has 0 fully saturated rings. The molecule has 0 unspecified atom stereocenters. The summed E-state index contributed by atoms with van der Waals surface area (Å²) in [7, 11) is 0. The summed E-state index contributed by atoms with van der Waals surface area (Å²) < 4.78 is 27.9. The second kappa shape index (κ2) is 11.8. The second-order valence-electron chi connectivity index (χ2n) is 9.32. The van der Waals surface area contributed by atoms with Crippen LogP contribution in [0.15, 0.2) is 97.1 Å². The molecule has 0 saturated carbocycles. The smallest absolute Gasteiger partial charge is 0.123 e. The highest BCUT2D eigenvalue weighted by Crippen LogP contribution is 2.36. The third-order valence-electron chi connectivity index (χ3n) is 6.65. The van der Waals surface area contributed by atoms with E-state index >= 15 is 0 Å². The van der Waals surface area contributed by atoms with Gasteiger partial charge in [-0.15, -0.1) is 0 Å². The molecule has 5 aromatic rings. The quantitative estimate of drug-likeness (QED) is 0.136. The summed E-state index contributed by atoms with van der Waals surface area (Å²) in [5.41, 5.74) is 6.45. The van der Waals surface area contributed by atoms with Crippen LogP contribution >= 0.6 is 0 Å². The first-order valence-electron chi connectivity index (χ1n) is 12.8. The number of aromatic nitrogens is 1. The SMILES string of the molecule is Cc1c(-c2ccc(F)cc2)n(Cc2ccc(OCCCC=O)cc2)c2ccc(OCc3ccccc3)cc12. The molecule has 4 aromatic carbocycles. The number of nitrogens with zero attached hydrogens (tertiary/aromatic N) is 1. The van der Waals surface area contributed by atoms with Gasteiger partial charge in [0.15, 0.2) is 0 Å². The molecule has 0 spiro atoms. The van der Waals surface area contributed by atoms with E-state index in [1.165, 1.54) is 12.1 Å². The highest BCUT2D eigenvalue weighted by Gasteiger charge is 2.17. The molecule has 1 heterocycles. The summed E-state index contributed by atoms with van der Waals surface area (Å²) in [6.45, 7) is 3.77. The van der Waals surface area contributed by atoms with Crippen molar-refractivity contribution >= 4 is 17.2 Å². The number of aldehydes is 1. The number of aryl methyl sites for hydroxylation is 1. The van der Waals surface area contributed by atoms with Gasteiger partial charge in [-0.3, -0.25) is 0 Å². The van der Waals surface area contributed by atoms with Crippen LogP contribution in [0.25, 0.3) is 22.2 Å². The fourth-order valence-electron chi connectivity index (χ4n) is 4.71. The van der Waals surface area contributed by atoms with Gasteiger partial charge in [0.2, 0.25) is 0 Å². The highest BCUT2D eigenvalue weighted by molar-refractivity contribution is 5.92. The van der Waals surface area contributed by atoms with Crippen molar-refractivity contribution in [1.82, 2.24) is 4.57 Å². The van der Waals surface area contributed by atoms with Gasteiger partial charge in [-0.05, 0) is 90.2 Å². The summed E-state index contributed by atoms with van der Waals surface area (Å²) >= 11 is 0. The molecule has 0 atom stereocenters. The number of benzene rings is 4. The molecule has 192 valence electrons. The van der Waals surface area contributed by atoms with Crippen LogP contribution in [0.2, 0.25) is 0 Å². The Kier molecular flexibility index (Phi) is 7.84. The van der Waals surface area contributed by atoms with E-state index in [1.807, 2.05) is 48.5 Å². The summed E-state index contributed by atoms with van der Waals surface area (Å²) in [5.74, 6) is 1.34. The van der Waals surface area contributed by atoms with Gasteiger partial charge in [-0.25, -0.2) is 4.39 Å². The monoisotopic (exact) mass is 507 g/mol. The fourth-order valence-corrected chi connectivity index (χ4v) is 4.71. The topological polar surface area (TPSA) is 40.5 Å². The Hall–Kier alpha value is -4.38. The molecule has 38 heavy (non-hydrogen) atoms. The van der Waals surface area contributed by atoms with Crippen LogP contribution in [-0.4, -0.2) is 17.5 Å². The molecular weight excluding hydrogens is 477 g/mol. The van der Waals surface area contributed by atoms with E-state index in [0.717, 1.165) is 56.6 Å². The van der Waals surface area contributed by atoms with Gasteiger partial charge in [0, 0.05) is 23.9 Å². The minimum Gasteiger partial charge on any atom is -0.494 e. The molecular formula is C33H30FNO3. The Morgan fingerprint density at radius 1 is 0.816 bits per heavy atom. The van der Waals surface area contributed by atoms with Crippen molar-refractivity contribution in [2.75, 3.05) is 6.61 Å². The normalized spacial score (nSPS) is 11.0. The van der Waals surface area contributed by atoms with E-state index in [0.29, 0.717) is 32.6 Å². The lowest BCUT2D eigenvalue weighted by atomic mass is 10.1. The van der Waals surface area contributed by atoms with Crippen LogP contribution < -0.4 is 9.47 Å². The first-order chi connectivity index (χ1) is 18.6. The van der Waals surface area contributed by atoms with Crippen LogP contribution in [-0.2, 0) is 17.9 Å². The summed E-state index contributed by atoms with van der Waals surface area (Å²) in [4.78, 5) is 10.5. The Bertz CT molecular complexity index is 1510. The molecule has 0 saturated heterocycles. The van der Waals surface area contributed by atoms with Crippen molar-refractivity contribution in [1.29, 1.82) is 0 Å². The second-order valence-corrected chi connectivity index (χ2v) is 9.32. The molecule has 1 aromatic heterocycles. The van der Waals surface area contributed by atoms with Gasteiger partial charge < -0.3 is 18.8 Å². The number of hydrogen-bond donors (Lipinski definition) is 0. The van der Waals surface area contributed by atoms with Crippen molar-refractivity contribution < 1.29 is 18.7 Å².